The predicted octanol–water partition coefficient (Wildman–Crippen LogP) is 2.18. The largest absolute Gasteiger partial charge is 0.481 e. The second-order valence-corrected chi connectivity index (χ2v) is 4.99. The van der Waals surface area contributed by atoms with Crippen molar-refractivity contribution < 1.29 is 14.7 Å². The van der Waals surface area contributed by atoms with Crippen molar-refractivity contribution in [3.63, 3.8) is 0 Å². The summed E-state index contributed by atoms with van der Waals surface area (Å²) in [4.78, 5) is 21.6. The van der Waals surface area contributed by atoms with Crippen LogP contribution in [-0.4, -0.2) is 23.5 Å². The number of carboxylic acid groups (broad SMARTS) is 1. The molecule has 0 aromatic carbocycles. The Kier molecular flexibility index (Phi) is 6.01. The molecule has 0 bridgehead atoms. The Bertz CT molecular complexity index is 257. The second kappa shape index (κ2) is 7.30. The van der Waals surface area contributed by atoms with Crippen LogP contribution in [0.1, 0.15) is 51.9 Å². The number of rotatable bonds is 6. The molecule has 0 heterocycles. The molecule has 1 aliphatic rings. The predicted molar refractivity (Wildman–Crippen MR) is 65.6 cm³/mol. The topological polar surface area (TPSA) is 66.4 Å². The Balaban J connectivity index is 2.10. The molecular weight excluding hydrogens is 218 g/mol. The van der Waals surface area contributed by atoms with Gasteiger partial charge in [0.2, 0.25) is 5.91 Å². The molecule has 1 aliphatic carbocycles. The Morgan fingerprint density at radius 2 is 1.71 bits per heavy atom. The summed E-state index contributed by atoms with van der Waals surface area (Å²) in [6, 6.07) is 0. The molecule has 98 valence electrons. The lowest BCUT2D eigenvalue weighted by Crippen LogP contribution is -2.31. The third-order valence-electron chi connectivity index (χ3n) is 3.70. The zero-order valence-corrected chi connectivity index (χ0v) is 10.6. The first-order valence-electron chi connectivity index (χ1n) is 6.60. The molecule has 0 unspecified atom stereocenters. The number of hydrogen-bond donors (Lipinski definition) is 2. The van der Waals surface area contributed by atoms with Gasteiger partial charge in [-0.05, 0) is 24.7 Å². The van der Waals surface area contributed by atoms with Crippen molar-refractivity contribution in [2.24, 2.45) is 11.8 Å². The summed E-state index contributed by atoms with van der Waals surface area (Å²) in [5, 5.41) is 11.3. The van der Waals surface area contributed by atoms with E-state index >= 15 is 0 Å². The van der Waals surface area contributed by atoms with E-state index in [2.05, 4.69) is 12.2 Å². The molecule has 4 nitrogen and oxygen atoms in total. The van der Waals surface area contributed by atoms with E-state index < -0.39 is 5.97 Å². The fraction of sp³-hybridized carbons (Fsp3) is 0.846. The third-order valence-corrected chi connectivity index (χ3v) is 3.70. The van der Waals surface area contributed by atoms with Crippen molar-refractivity contribution in [1.82, 2.24) is 5.32 Å². The van der Waals surface area contributed by atoms with Gasteiger partial charge in [-0.2, -0.15) is 0 Å². The Labute approximate surface area is 103 Å². The smallest absolute Gasteiger partial charge is 0.303 e. The highest BCUT2D eigenvalue weighted by molar-refractivity contribution is 5.80. The van der Waals surface area contributed by atoms with Crippen LogP contribution in [0.15, 0.2) is 0 Å². The Morgan fingerprint density at radius 3 is 2.24 bits per heavy atom. The Morgan fingerprint density at radius 1 is 1.12 bits per heavy atom. The van der Waals surface area contributed by atoms with Crippen LogP contribution < -0.4 is 5.32 Å². The summed E-state index contributed by atoms with van der Waals surface area (Å²) in [7, 11) is 0. The molecule has 0 spiro atoms. The highest BCUT2D eigenvalue weighted by Gasteiger charge is 2.20. The van der Waals surface area contributed by atoms with E-state index in [1.165, 1.54) is 32.1 Å². The lowest BCUT2D eigenvalue weighted by molar-refractivity contribution is -0.138. The summed E-state index contributed by atoms with van der Waals surface area (Å²) < 4.78 is 0. The SMILES string of the molecule is CCC1CCC(CNC(=O)CCC(=O)O)CC1. The molecule has 1 rings (SSSR count). The minimum absolute atomic E-state index is 0.0750. The first kappa shape index (κ1) is 14.0. The normalized spacial score (nSPS) is 24.3. The molecule has 0 saturated heterocycles. The average molecular weight is 241 g/mol. The number of carboxylic acids is 1. The summed E-state index contributed by atoms with van der Waals surface area (Å²) in [5.74, 6) is 0.411. The molecule has 0 radical (unpaired) electrons. The zero-order valence-electron chi connectivity index (χ0n) is 10.6. The first-order chi connectivity index (χ1) is 8.11. The van der Waals surface area contributed by atoms with Gasteiger partial charge in [-0.15, -0.1) is 0 Å². The molecule has 17 heavy (non-hydrogen) atoms. The number of aliphatic carboxylic acids is 1. The minimum atomic E-state index is -0.913. The molecule has 0 atom stereocenters. The molecule has 4 heteroatoms. The van der Waals surface area contributed by atoms with Crippen molar-refractivity contribution >= 4 is 11.9 Å². The third kappa shape index (κ3) is 5.71. The zero-order chi connectivity index (χ0) is 12.7. The lowest BCUT2D eigenvalue weighted by atomic mass is 9.81. The summed E-state index contributed by atoms with van der Waals surface area (Å²) in [6.45, 7) is 2.95. The van der Waals surface area contributed by atoms with Gasteiger partial charge in [0.05, 0.1) is 6.42 Å². The average Bonchev–Trinajstić information content (AvgIpc) is 2.34. The van der Waals surface area contributed by atoms with Crippen LogP contribution in [0.5, 0.6) is 0 Å². The van der Waals surface area contributed by atoms with Crippen molar-refractivity contribution in [2.75, 3.05) is 6.54 Å². The molecule has 1 fully saturated rings. The van der Waals surface area contributed by atoms with Crippen molar-refractivity contribution in [3.05, 3.63) is 0 Å². The van der Waals surface area contributed by atoms with Crippen LogP contribution >= 0.6 is 0 Å². The number of hydrogen-bond acceptors (Lipinski definition) is 2. The molecule has 0 aromatic rings. The van der Waals surface area contributed by atoms with E-state index in [9.17, 15) is 9.59 Å². The molecule has 1 amide bonds. The van der Waals surface area contributed by atoms with Gasteiger partial charge in [0.25, 0.3) is 0 Å². The van der Waals surface area contributed by atoms with Gasteiger partial charge in [-0.25, -0.2) is 0 Å². The maximum absolute atomic E-state index is 11.3. The standard InChI is InChI=1S/C13H23NO3/c1-2-10-3-5-11(6-4-10)9-14-12(15)7-8-13(16)17/h10-11H,2-9H2,1H3,(H,14,15)(H,16,17). The van der Waals surface area contributed by atoms with Gasteiger partial charge in [-0.3, -0.25) is 9.59 Å². The van der Waals surface area contributed by atoms with E-state index in [0.29, 0.717) is 5.92 Å². The van der Waals surface area contributed by atoms with Gasteiger partial charge in [0, 0.05) is 13.0 Å². The molecule has 0 aromatic heterocycles. The first-order valence-corrected chi connectivity index (χ1v) is 6.60. The monoisotopic (exact) mass is 241 g/mol. The van der Waals surface area contributed by atoms with Gasteiger partial charge >= 0.3 is 5.97 Å². The fourth-order valence-corrected chi connectivity index (χ4v) is 2.41. The number of nitrogens with one attached hydrogen (secondary N) is 1. The van der Waals surface area contributed by atoms with Crippen molar-refractivity contribution in [2.45, 2.75) is 51.9 Å². The summed E-state index contributed by atoms with van der Waals surface area (Å²) >= 11 is 0. The van der Waals surface area contributed by atoms with Crippen LogP contribution in [0.4, 0.5) is 0 Å². The van der Waals surface area contributed by atoms with Crippen molar-refractivity contribution in [3.8, 4) is 0 Å². The maximum atomic E-state index is 11.3. The summed E-state index contributed by atoms with van der Waals surface area (Å²) in [6.07, 6.45) is 6.21. The van der Waals surface area contributed by atoms with Crippen LogP contribution in [-0.2, 0) is 9.59 Å². The van der Waals surface area contributed by atoms with Gasteiger partial charge < -0.3 is 10.4 Å². The highest BCUT2D eigenvalue weighted by Crippen LogP contribution is 2.29. The number of carbonyl (C=O) groups excluding carboxylic acids is 1. The Hall–Kier alpha value is -1.06. The molecular formula is C13H23NO3. The highest BCUT2D eigenvalue weighted by atomic mass is 16.4. The second-order valence-electron chi connectivity index (χ2n) is 4.99. The van der Waals surface area contributed by atoms with Gasteiger partial charge in [0.1, 0.15) is 0 Å². The van der Waals surface area contributed by atoms with E-state index in [4.69, 9.17) is 5.11 Å². The molecule has 0 aliphatic heterocycles. The van der Waals surface area contributed by atoms with E-state index in [-0.39, 0.29) is 18.7 Å². The lowest BCUT2D eigenvalue weighted by Gasteiger charge is -2.27. The maximum Gasteiger partial charge on any atom is 0.303 e. The minimum Gasteiger partial charge on any atom is -0.481 e. The van der Waals surface area contributed by atoms with Crippen LogP contribution in [0.3, 0.4) is 0 Å². The van der Waals surface area contributed by atoms with Crippen LogP contribution in [0.25, 0.3) is 0 Å². The van der Waals surface area contributed by atoms with Crippen LogP contribution in [0, 0.1) is 11.8 Å². The summed E-state index contributed by atoms with van der Waals surface area (Å²) in [5.41, 5.74) is 0. The quantitative estimate of drug-likeness (QED) is 0.749. The van der Waals surface area contributed by atoms with Crippen molar-refractivity contribution in [1.29, 1.82) is 0 Å². The van der Waals surface area contributed by atoms with E-state index in [0.717, 1.165) is 12.5 Å². The van der Waals surface area contributed by atoms with Gasteiger partial charge in [-0.1, -0.05) is 26.2 Å². The number of amides is 1. The molecule has 2 N–H and O–H groups in total. The van der Waals surface area contributed by atoms with E-state index in [1.54, 1.807) is 0 Å². The van der Waals surface area contributed by atoms with Crippen LogP contribution in [0.2, 0.25) is 0 Å². The number of carbonyl (C=O) groups is 2. The molecule has 1 saturated carbocycles. The fourth-order valence-electron chi connectivity index (χ4n) is 2.41. The van der Waals surface area contributed by atoms with E-state index in [1.807, 2.05) is 0 Å². The van der Waals surface area contributed by atoms with Gasteiger partial charge in [0.15, 0.2) is 0 Å².